The first-order valence-corrected chi connectivity index (χ1v) is 13.0. The van der Waals surface area contributed by atoms with Crippen molar-refractivity contribution in [3.8, 4) is 0 Å². The lowest BCUT2D eigenvalue weighted by Gasteiger charge is -2.13. The highest BCUT2D eigenvalue weighted by Crippen LogP contribution is 2.20. The molecule has 0 aliphatic heterocycles. The number of fused-ring (bicyclic) bond motifs is 2. The van der Waals surface area contributed by atoms with Gasteiger partial charge in [-0.2, -0.15) is 0 Å². The molecule has 32 heavy (non-hydrogen) atoms. The molecule has 0 saturated carbocycles. The second-order valence-electron chi connectivity index (χ2n) is 9.06. The molecule has 0 radical (unpaired) electrons. The fourth-order valence-electron chi connectivity index (χ4n) is 3.19. The van der Waals surface area contributed by atoms with Gasteiger partial charge in [0, 0.05) is 0 Å². The van der Waals surface area contributed by atoms with Crippen LogP contribution in [0.1, 0.15) is 118 Å². The minimum Gasteiger partial charge on any atom is -0.0776 e. The van der Waals surface area contributed by atoms with Crippen LogP contribution in [0.25, 0.3) is 0 Å². The van der Waals surface area contributed by atoms with Crippen LogP contribution in [0.15, 0.2) is 48.5 Å². The highest BCUT2D eigenvalue weighted by atomic mass is 14.1. The summed E-state index contributed by atoms with van der Waals surface area (Å²) in [7, 11) is 0. The summed E-state index contributed by atoms with van der Waals surface area (Å²) in [6.45, 7) is 21.0. The van der Waals surface area contributed by atoms with Crippen molar-refractivity contribution in [1.29, 1.82) is 0 Å². The topological polar surface area (TPSA) is 0 Å². The third-order valence-corrected chi connectivity index (χ3v) is 4.27. The Kier molecular flexibility index (Phi) is 26.4. The van der Waals surface area contributed by atoms with Crippen LogP contribution in [0.3, 0.4) is 0 Å². The van der Waals surface area contributed by atoms with Gasteiger partial charge in [-0.3, -0.25) is 0 Å². The molecule has 0 spiro atoms. The van der Waals surface area contributed by atoms with Crippen molar-refractivity contribution in [3.05, 3.63) is 70.8 Å². The first-order valence-electron chi connectivity index (χ1n) is 13.0. The van der Waals surface area contributed by atoms with Gasteiger partial charge < -0.3 is 0 Å². The van der Waals surface area contributed by atoms with E-state index in [-0.39, 0.29) is 7.43 Å². The first-order chi connectivity index (χ1) is 14.9. The summed E-state index contributed by atoms with van der Waals surface area (Å²) in [5, 5.41) is 0. The quantitative estimate of drug-likeness (QED) is 0.380. The van der Waals surface area contributed by atoms with Gasteiger partial charge in [-0.1, -0.05) is 125 Å². The molecule has 2 aromatic carbocycles. The SMILES string of the molecule is C.CC.CC.CC(C)C.CC(C)C.c1ccc2c(c1)CCC2.c1ccc2c(c1)CCCC2. The van der Waals surface area contributed by atoms with E-state index in [4.69, 9.17) is 0 Å². The molecule has 0 amide bonds. The summed E-state index contributed by atoms with van der Waals surface area (Å²) in [5.74, 6) is 1.67. The van der Waals surface area contributed by atoms with Gasteiger partial charge >= 0.3 is 0 Å². The van der Waals surface area contributed by atoms with Crippen molar-refractivity contribution >= 4 is 0 Å². The summed E-state index contributed by atoms with van der Waals surface area (Å²) in [6, 6.07) is 17.5. The molecular weight excluding hydrogens is 384 g/mol. The maximum absolute atomic E-state index is 2.26. The van der Waals surface area contributed by atoms with E-state index in [1.807, 2.05) is 27.7 Å². The highest BCUT2D eigenvalue weighted by Gasteiger charge is 2.07. The van der Waals surface area contributed by atoms with Crippen molar-refractivity contribution in [2.75, 3.05) is 0 Å². The largest absolute Gasteiger partial charge is 0.0776 e. The molecule has 4 rings (SSSR count). The summed E-state index contributed by atoms with van der Waals surface area (Å²) >= 11 is 0. The molecule has 0 saturated heterocycles. The van der Waals surface area contributed by atoms with Gasteiger partial charge in [0.2, 0.25) is 0 Å². The van der Waals surface area contributed by atoms with Gasteiger partial charge in [0.15, 0.2) is 0 Å². The number of rotatable bonds is 0. The maximum atomic E-state index is 2.26. The Morgan fingerprint density at radius 1 is 0.438 bits per heavy atom. The Morgan fingerprint density at radius 2 is 0.625 bits per heavy atom. The highest BCUT2D eigenvalue weighted by molar-refractivity contribution is 5.30. The van der Waals surface area contributed by atoms with Crippen molar-refractivity contribution in [2.24, 2.45) is 11.8 Å². The van der Waals surface area contributed by atoms with E-state index >= 15 is 0 Å². The van der Waals surface area contributed by atoms with Crippen LogP contribution in [0.5, 0.6) is 0 Å². The molecule has 0 N–H and O–H groups in total. The lowest BCUT2D eigenvalue weighted by Crippen LogP contribution is -2.00. The Hall–Kier alpha value is -1.56. The molecule has 0 unspecified atom stereocenters. The predicted molar refractivity (Wildman–Crippen MR) is 152 cm³/mol. The van der Waals surface area contributed by atoms with E-state index < -0.39 is 0 Å². The van der Waals surface area contributed by atoms with Gasteiger partial charge in [-0.05, 0) is 79.0 Å². The van der Waals surface area contributed by atoms with Crippen LogP contribution >= 0.6 is 0 Å². The van der Waals surface area contributed by atoms with E-state index in [2.05, 4.69) is 90.1 Å². The monoisotopic (exact) mass is 442 g/mol. The summed E-state index contributed by atoms with van der Waals surface area (Å²) < 4.78 is 0. The van der Waals surface area contributed by atoms with Crippen molar-refractivity contribution in [2.45, 2.75) is 122 Å². The van der Waals surface area contributed by atoms with Crippen LogP contribution in [0.4, 0.5) is 0 Å². The van der Waals surface area contributed by atoms with Crippen LogP contribution in [0.2, 0.25) is 0 Å². The zero-order valence-corrected chi connectivity index (χ0v) is 22.7. The molecule has 186 valence electrons. The van der Waals surface area contributed by atoms with Crippen molar-refractivity contribution in [3.63, 3.8) is 0 Å². The first kappa shape index (κ1) is 35.0. The van der Waals surface area contributed by atoms with E-state index in [0.717, 1.165) is 11.8 Å². The van der Waals surface area contributed by atoms with Gasteiger partial charge in [0.25, 0.3) is 0 Å². The van der Waals surface area contributed by atoms with Crippen LogP contribution in [-0.4, -0.2) is 0 Å². The second-order valence-corrected chi connectivity index (χ2v) is 9.06. The molecule has 0 atom stereocenters. The normalized spacial score (nSPS) is 12.1. The van der Waals surface area contributed by atoms with E-state index in [9.17, 15) is 0 Å². The Balaban J connectivity index is -0.000000353. The molecule has 0 heterocycles. The van der Waals surface area contributed by atoms with Crippen LogP contribution < -0.4 is 0 Å². The molecule has 2 aromatic rings. The van der Waals surface area contributed by atoms with Crippen LogP contribution in [0, 0.1) is 11.8 Å². The van der Waals surface area contributed by atoms with Crippen LogP contribution in [-0.2, 0) is 25.7 Å². The minimum atomic E-state index is 0. The zero-order valence-electron chi connectivity index (χ0n) is 22.7. The molecule has 2 aliphatic carbocycles. The minimum absolute atomic E-state index is 0. The molecular formula is C32H58. The third kappa shape index (κ3) is 19.1. The maximum Gasteiger partial charge on any atom is -0.0273 e. The van der Waals surface area contributed by atoms with Crippen molar-refractivity contribution in [1.82, 2.24) is 0 Å². The Morgan fingerprint density at radius 3 is 0.844 bits per heavy atom. The molecule has 0 bridgehead atoms. The van der Waals surface area contributed by atoms with Gasteiger partial charge in [0.05, 0.1) is 0 Å². The van der Waals surface area contributed by atoms with E-state index in [0.29, 0.717) is 0 Å². The molecule has 0 heteroatoms. The predicted octanol–water partition coefficient (Wildman–Crippen LogP) is 10.8. The van der Waals surface area contributed by atoms with E-state index in [1.165, 1.54) is 44.9 Å². The Bertz CT molecular complexity index is 562. The average Bonchev–Trinajstić information content (AvgIpc) is 3.25. The second kappa shape index (κ2) is 24.1. The summed E-state index contributed by atoms with van der Waals surface area (Å²) in [5.41, 5.74) is 6.29. The van der Waals surface area contributed by atoms with Crippen molar-refractivity contribution < 1.29 is 0 Å². The Labute approximate surface area is 204 Å². The lowest BCUT2D eigenvalue weighted by atomic mass is 9.92. The smallest absolute Gasteiger partial charge is 0.0273 e. The number of aryl methyl sites for hydroxylation is 4. The van der Waals surface area contributed by atoms with Gasteiger partial charge in [-0.15, -0.1) is 0 Å². The van der Waals surface area contributed by atoms with Gasteiger partial charge in [-0.25, -0.2) is 0 Å². The molecule has 0 nitrogen and oxygen atoms in total. The number of hydrogen-bond acceptors (Lipinski definition) is 0. The number of benzene rings is 2. The zero-order chi connectivity index (χ0) is 24.1. The summed E-state index contributed by atoms with van der Waals surface area (Å²) in [4.78, 5) is 0. The summed E-state index contributed by atoms with van der Waals surface area (Å²) in [6.07, 6.45) is 9.34. The fourth-order valence-corrected chi connectivity index (χ4v) is 3.19. The molecule has 0 aromatic heterocycles. The van der Waals surface area contributed by atoms with Gasteiger partial charge in [0.1, 0.15) is 0 Å². The molecule has 2 aliphatic rings. The molecule has 0 fully saturated rings. The lowest BCUT2D eigenvalue weighted by molar-refractivity contribution is 0.685. The standard InChI is InChI=1S/C10H12.C9H10.2C4H10.2C2H6.CH4/c1-2-6-10-8-4-3-7-9(10)5-1;1-2-5-9-7-3-6-8(9)4-1;2*1-4(2)3;2*1-2;/h1-2,5-6H,3-4,7-8H2;1-2,4-5H,3,6-7H2;2*4H,1-3H3;2*1-2H3;1H4. The fraction of sp³-hybridized carbons (Fsp3) is 0.625. The van der Waals surface area contributed by atoms with E-state index in [1.54, 1.807) is 22.3 Å². The third-order valence-electron chi connectivity index (χ3n) is 4.27. The number of hydrogen-bond donors (Lipinski definition) is 0. The average molecular weight is 443 g/mol.